The van der Waals surface area contributed by atoms with E-state index in [9.17, 15) is 13.2 Å². The number of aromatic nitrogens is 1. The summed E-state index contributed by atoms with van der Waals surface area (Å²) < 4.78 is 27.8. The lowest BCUT2D eigenvalue weighted by Crippen LogP contribution is -2.27. The van der Waals surface area contributed by atoms with Crippen LogP contribution in [-0.2, 0) is 29.4 Å². The Balaban J connectivity index is 1.61. The molecule has 26 heavy (non-hydrogen) atoms. The number of pyridine rings is 1. The zero-order valence-corrected chi connectivity index (χ0v) is 15.3. The third-order valence-electron chi connectivity index (χ3n) is 4.91. The largest absolute Gasteiger partial charge is 0.322 e. The van der Waals surface area contributed by atoms with Crippen LogP contribution in [0.1, 0.15) is 28.7 Å². The second-order valence-electron chi connectivity index (χ2n) is 6.82. The second-order valence-corrected chi connectivity index (χ2v) is 8.59. The number of aromatic amines is 1. The first-order valence-corrected chi connectivity index (χ1v) is 10.1. The fraction of sp³-hybridized carbons (Fsp3) is 0.250. The normalized spacial score (nSPS) is 13.9. The molecule has 0 bridgehead atoms. The molecule has 2 N–H and O–H groups in total. The van der Waals surface area contributed by atoms with E-state index >= 15 is 0 Å². The monoisotopic (exact) mass is 368 g/mol. The highest BCUT2D eigenvalue weighted by Crippen LogP contribution is 2.24. The van der Waals surface area contributed by atoms with Crippen molar-refractivity contribution in [2.45, 2.75) is 37.6 Å². The van der Waals surface area contributed by atoms with Crippen molar-refractivity contribution >= 4 is 20.9 Å². The fourth-order valence-electron chi connectivity index (χ4n) is 3.47. The van der Waals surface area contributed by atoms with E-state index < -0.39 is 10.0 Å². The Kier molecular flexibility index (Phi) is 4.17. The van der Waals surface area contributed by atoms with Gasteiger partial charge in [0, 0.05) is 17.6 Å². The predicted octanol–water partition coefficient (Wildman–Crippen LogP) is 2.80. The lowest BCUT2D eigenvalue weighted by Gasteiger charge is -2.09. The maximum Gasteiger partial charge on any atom is 0.252 e. The minimum absolute atomic E-state index is 0.0430. The van der Waals surface area contributed by atoms with Gasteiger partial charge in [0.2, 0.25) is 10.0 Å². The van der Waals surface area contributed by atoms with Gasteiger partial charge in [0.15, 0.2) is 0 Å². The van der Waals surface area contributed by atoms with Crippen molar-refractivity contribution in [3.63, 3.8) is 0 Å². The van der Waals surface area contributed by atoms with Gasteiger partial charge < -0.3 is 4.98 Å². The Morgan fingerprint density at radius 2 is 1.85 bits per heavy atom. The van der Waals surface area contributed by atoms with Gasteiger partial charge in [-0.3, -0.25) is 4.79 Å². The number of H-pyrrole nitrogens is 1. The molecule has 1 aliphatic carbocycles. The highest BCUT2D eigenvalue weighted by molar-refractivity contribution is 7.89. The fourth-order valence-corrected chi connectivity index (χ4v) is 4.53. The van der Waals surface area contributed by atoms with Crippen molar-refractivity contribution in [2.24, 2.45) is 0 Å². The van der Waals surface area contributed by atoms with E-state index in [0.717, 1.165) is 41.3 Å². The van der Waals surface area contributed by atoms with Gasteiger partial charge in [0.1, 0.15) is 0 Å². The Morgan fingerprint density at radius 1 is 1.04 bits per heavy atom. The standard InChI is InChI=1S/C20H20N2O3S/c1-13-5-8-19-16(9-13)10-17(20(23)22-19)12-21-26(24,25)18-7-6-14-3-2-4-15(14)11-18/h5-11,21H,2-4,12H2,1H3,(H,22,23). The molecule has 0 saturated heterocycles. The minimum Gasteiger partial charge on any atom is -0.322 e. The number of benzene rings is 2. The van der Waals surface area contributed by atoms with Crippen LogP contribution < -0.4 is 10.3 Å². The summed E-state index contributed by atoms with van der Waals surface area (Å²) >= 11 is 0. The molecule has 1 aromatic heterocycles. The van der Waals surface area contributed by atoms with Crippen molar-refractivity contribution < 1.29 is 8.42 Å². The Bertz CT molecular complexity index is 1160. The Hall–Kier alpha value is -2.44. The van der Waals surface area contributed by atoms with Crippen LogP contribution in [0.2, 0.25) is 0 Å². The average Bonchev–Trinajstić information content (AvgIpc) is 3.08. The molecule has 0 aliphatic heterocycles. The molecule has 5 nitrogen and oxygen atoms in total. The molecular weight excluding hydrogens is 348 g/mol. The van der Waals surface area contributed by atoms with Gasteiger partial charge in [0.25, 0.3) is 5.56 Å². The van der Waals surface area contributed by atoms with E-state index in [4.69, 9.17) is 0 Å². The summed E-state index contributed by atoms with van der Waals surface area (Å²) in [7, 11) is -3.66. The predicted molar refractivity (Wildman–Crippen MR) is 102 cm³/mol. The number of nitrogens with one attached hydrogen (secondary N) is 2. The van der Waals surface area contributed by atoms with Crippen molar-refractivity contribution in [3.8, 4) is 0 Å². The number of fused-ring (bicyclic) bond motifs is 2. The molecule has 0 fully saturated rings. The molecule has 0 atom stereocenters. The van der Waals surface area contributed by atoms with Crippen molar-refractivity contribution in [2.75, 3.05) is 0 Å². The number of sulfonamides is 1. The van der Waals surface area contributed by atoms with Gasteiger partial charge in [0.05, 0.1) is 4.90 Å². The number of rotatable bonds is 4. The summed E-state index contributed by atoms with van der Waals surface area (Å²) in [6.07, 6.45) is 3.00. The van der Waals surface area contributed by atoms with Gasteiger partial charge in [-0.1, -0.05) is 17.7 Å². The van der Waals surface area contributed by atoms with E-state index in [1.807, 2.05) is 31.2 Å². The summed E-state index contributed by atoms with van der Waals surface area (Å²) in [4.78, 5) is 15.3. The summed E-state index contributed by atoms with van der Waals surface area (Å²) in [5.74, 6) is 0. The molecule has 3 aromatic rings. The number of hydrogen-bond donors (Lipinski definition) is 2. The van der Waals surface area contributed by atoms with Crippen molar-refractivity contribution in [1.82, 2.24) is 9.71 Å². The van der Waals surface area contributed by atoms with Crippen LogP contribution in [0.5, 0.6) is 0 Å². The van der Waals surface area contributed by atoms with Crippen LogP contribution in [0, 0.1) is 6.92 Å². The summed E-state index contributed by atoms with van der Waals surface area (Å²) in [6, 6.07) is 12.8. The summed E-state index contributed by atoms with van der Waals surface area (Å²) in [6.45, 7) is 1.93. The maximum absolute atomic E-state index is 12.6. The van der Waals surface area contributed by atoms with Gasteiger partial charge in [-0.05, 0) is 73.0 Å². The van der Waals surface area contributed by atoms with Crippen LogP contribution >= 0.6 is 0 Å². The van der Waals surface area contributed by atoms with Crippen LogP contribution in [0.15, 0.2) is 52.2 Å². The average molecular weight is 368 g/mol. The zero-order chi connectivity index (χ0) is 18.3. The SMILES string of the molecule is Cc1ccc2[nH]c(=O)c(CNS(=O)(=O)c3ccc4c(c3)CCC4)cc2c1. The lowest BCUT2D eigenvalue weighted by atomic mass is 10.1. The Morgan fingerprint density at radius 3 is 2.69 bits per heavy atom. The lowest BCUT2D eigenvalue weighted by molar-refractivity contribution is 0.581. The van der Waals surface area contributed by atoms with Gasteiger partial charge in [-0.15, -0.1) is 0 Å². The first kappa shape index (κ1) is 17.0. The third kappa shape index (κ3) is 3.18. The van der Waals surface area contributed by atoms with Crippen LogP contribution in [0.3, 0.4) is 0 Å². The van der Waals surface area contributed by atoms with E-state index in [-0.39, 0.29) is 17.0 Å². The van der Waals surface area contributed by atoms with Crippen molar-refractivity contribution in [1.29, 1.82) is 0 Å². The molecule has 0 unspecified atom stereocenters. The zero-order valence-electron chi connectivity index (χ0n) is 14.5. The van der Waals surface area contributed by atoms with Gasteiger partial charge >= 0.3 is 0 Å². The highest BCUT2D eigenvalue weighted by Gasteiger charge is 2.18. The van der Waals surface area contributed by atoms with E-state index in [2.05, 4.69) is 9.71 Å². The third-order valence-corrected chi connectivity index (χ3v) is 6.31. The highest BCUT2D eigenvalue weighted by atomic mass is 32.2. The molecule has 134 valence electrons. The number of aryl methyl sites for hydroxylation is 3. The molecule has 0 spiro atoms. The summed E-state index contributed by atoms with van der Waals surface area (Å²) in [5.41, 5.74) is 4.27. The number of hydrogen-bond acceptors (Lipinski definition) is 3. The first-order chi connectivity index (χ1) is 12.4. The van der Waals surface area contributed by atoms with Gasteiger partial charge in [-0.2, -0.15) is 0 Å². The van der Waals surface area contributed by atoms with E-state index in [1.54, 1.807) is 18.2 Å². The molecular formula is C20H20N2O3S. The van der Waals surface area contributed by atoms with Gasteiger partial charge in [-0.25, -0.2) is 13.1 Å². The molecule has 4 rings (SSSR count). The first-order valence-electron chi connectivity index (χ1n) is 8.66. The van der Waals surface area contributed by atoms with Crippen LogP contribution in [0.4, 0.5) is 0 Å². The quantitative estimate of drug-likeness (QED) is 0.743. The second kappa shape index (κ2) is 6.37. The van der Waals surface area contributed by atoms with Crippen LogP contribution in [0.25, 0.3) is 10.9 Å². The van der Waals surface area contributed by atoms with E-state index in [1.165, 1.54) is 5.56 Å². The molecule has 1 aliphatic rings. The summed E-state index contributed by atoms with van der Waals surface area (Å²) in [5, 5.41) is 0.885. The van der Waals surface area contributed by atoms with E-state index in [0.29, 0.717) is 5.56 Å². The molecule has 1 heterocycles. The molecule has 0 saturated carbocycles. The molecule has 6 heteroatoms. The smallest absolute Gasteiger partial charge is 0.252 e. The van der Waals surface area contributed by atoms with Crippen LogP contribution in [-0.4, -0.2) is 13.4 Å². The molecule has 0 amide bonds. The van der Waals surface area contributed by atoms with Crippen molar-refractivity contribution in [3.05, 3.63) is 75.1 Å². The Labute approximate surface area is 152 Å². The minimum atomic E-state index is -3.66. The maximum atomic E-state index is 12.6. The molecule has 2 aromatic carbocycles. The molecule has 0 radical (unpaired) electrons. The topological polar surface area (TPSA) is 79.0 Å².